The van der Waals surface area contributed by atoms with Gasteiger partial charge in [0.2, 0.25) is 5.95 Å². The number of rotatable bonds is 8. The van der Waals surface area contributed by atoms with Gasteiger partial charge in [0.05, 0.1) is 5.69 Å². The predicted molar refractivity (Wildman–Crippen MR) is 86.9 cm³/mol. The van der Waals surface area contributed by atoms with Gasteiger partial charge in [0.15, 0.2) is 0 Å². The summed E-state index contributed by atoms with van der Waals surface area (Å²) in [6.45, 7) is 10.5. The van der Waals surface area contributed by atoms with Gasteiger partial charge in [-0.25, -0.2) is 4.98 Å². The van der Waals surface area contributed by atoms with E-state index in [4.69, 9.17) is 9.72 Å². The molecule has 0 spiro atoms. The number of hydrogen-bond acceptors (Lipinski definition) is 4. The van der Waals surface area contributed by atoms with Gasteiger partial charge < -0.3 is 19.5 Å². The zero-order valence-corrected chi connectivity index (χ0v) is 13.8. The van der Waals surface area contributed by atoms with Crippen molar-refractivity contribution in [2.24, 2.45) is 5.92 Å². The third-order valence-corrected chi connectivity index (χ3v) is 4.23. The summed E-state index contributed by atoms with van der Waals surface area (Å²) in [6, 6.07) is 0. The van der Waals surface area contributed by atoms with Gasteiger partial charge in [0, 0.05) is 39.5 Å². The molecule has 120 valence electrons. The molecule has 5 nitrogen and oxygen atoms in total. The van der Waals surface area contributed by atoms with E-state index in [2.05, 4.69) is 34.8 Å². The first-order chi connectivity index (χ1) is 10.2. The molecular formula is C16H30N4O. The van der Waals surface area contributed by atoms with Crippen LogP contribution in [0, 0.1) is 12.8 Å². The van der Waals surface area contributed by atoms with Crippen molar-refractivity contribution in [3.05, 3.63) is 11.9 Å². The van der Waals surface area contributed by atoms with Gasteiger partial charge in [-0.3, -0.25) is 0 Å². The van der Waals surface area contributed by atoms with Crippen molar-refractivity contribution in [2.45, 2.75) is 39.7 Å². The fourth-order valence-corrected chi connectivity index (χ4v) is 3.06. The number of methoxy groups -OCH3 is 1. The first kappa shape index (κ1) is 16.3. The van der Waals surface area contributed by atoms with Gasteiger partial charge in [0.1, 0.15) is 0 Å². The highest BCUT2D eigenvalue weighted by atomic mass is 16.5. The minimum atomic E-state index is 0.788. The second-order valence-corrected chi connectivity index (χ2v) is 5.95. The summed E-state index contributed by atoms with van der Waals surface area (Å²) in [4.78, 5) is 7.20. The fraction of sp³-hybridized carbons (Fsp3) is 0.812. The summed E-state index contributed by atoms with van der Waals surface area (Å²) >= 11 is 0. The van der Waals surface area contributed by atoms with Crippen molar-refractivity contribution in [3.63, 3.8) is 0 Å². The molecule has 0 unspecified atom stereocenters. The van der Waals surface area contributed by atoms with Crippen LogP contribution in [-0.4, -0.2) is 49.4 Å². The fourth-order valence-electron chi connectivity index (χ4n) is 3.06. The molecule has 1 aliphatic rings. The number of nitrogens with zero attached hydrogens (tertiary/aromatic N) is 3. The van der Waals surface area contributed by atoms with Crippen molar-refractivity contribution in [2.75, 3.05) is 44.8 Å². The number of aryl methyl sites for hydroxylation is 2. The Bertz CT molecular complexity index is 412. The van der Waals surface area contributed by atoms with Gasteiger partial charge >= 0.3 is 0 Å². The maximum absolute atomic E-state index is 5.16. The highest BCUT2D eigenvalue weighted by molar-refractivity contribution is 5.33. The molecule has 1 saturated heterocycles. The van der Waals surface area contributed by atoms with Crippen LogP contribution in [0.3, 0.4) is 0 Å². The lowest BCUT2D eigenvalue weighted by molar-refractivity contribution is 0.190. The summed E-state index contributed by atoms with van der Waals surface area (Å²) in [7, 11) is 1.76. The van der Waals surface area contributed by atoms with Crippen LogP contribution in [0.4, 0.5) is 5.95 Å². The Labute approximate surface area is 128 Å². The monoisotopic (exact) mass is 294 g/mol. The second kappa shape index (κ2) is 8.39. The maximum Gasteiger partial charge on any atom is 0.205 e. The van der Waals surface area contributed by atoms with Crippen LogP contribution in [0.2, 0.25) is 0 Å². The molecule has 2 heterocycles. The van der Waals surface area contributed by atoms with E-state index < -0.39 is 0 Å². The topological polar surface area (TPSA) is 42.3 Å². The predicted octanol–water partition coefficient (Wildman–Crippen LogP) is 2.05. The van der Waals surface area contributed by atoms with E-state index in [9.17, 15) is 0 Å². The van der Waals surface area contributed by atoms with E-state index in [-0.39, 0.29) is 0 Å². The molecule has 1 aromatic heterocycles. The van der Waals surface area contributed by atoms with Gasteiger partial charge in [-0.05, 0) is 52.1 Å². The van der Waals surface area contributed by atoms with E-state index in [0.29, 0.717) is 0 Å². The van der Waals surface area contributed by atoms with Gasteiger partial charge in [0.25, 0.3) is 0 Å². The maximum atomic E-state index is 5.16. The Kier molecular flexibility index (Phi) is 6.51. The number of aromatic nitrogens is 2. The number of imidazole rings is 1. The van der Waals surface area contributed by atoms with Gasteiger partial charge in [-0.1, -0.05) is 0 Å². The summed E-state index contributed by atoms with van der Waals surface area (Å²) < 4.78 is 7.45. The standard InChI is InChI=1S/C16H30N4O/c1-4-19(13-15-6-8-17-9-7-15)16-18-14(2)12-20(16)10-5-11-21-3/h12,15,17H,4-11,13H2,1-3H3. The molecule has 1 aromatic rings. The highest BCUT2D eigenvalue weighted by Gasteiger charge is 2.19. The third kappa shape index (κ3) is 4.71. The number of ether oxygens (including phenoxy) is 1. The molecule has 1 fully saturated rings. The lowest BCUT2D eigenvalue weighted by Crippen LogP contribution is -2.37. The van der Waals surface area contributed by atoms with E-state index in [1.807, 2.05) is 0 Å². The van der Waals surface area contributed by atoms with E-state index >= 15 is 0 Å². The summed E-state index contributed by atoms with van der Waals surface area (Å²) in [5.41, 5.74) is 1.10. The molecule has 0 atom stereocenters. The number of nitrogens with one attached hydrogen (secondary N) is 1. The Balaban J connectivity index is 2.01. The van der Waals surface area contributed by atoms with Crippen LogP contribution in [0.1, 0.15) is 31.9 Å². The molecule has 0 saturated carbocycles. The van der Waals surface area contributed by atoms with Crippen LogP contribution in [0.15, 0.2) is 6.20 Å². The van der Waals surface area contributed by atoms with Crippen molar-refractivity contribution in [1.82, 2.24) is 14.9 Å². The van der Waals surface area contributed by atoms with E-state index in [1.165, 1.54) is 12.8 Å². The molecule has 0 bridgehead atoms. The van der Waals surface area contributed by atoms with Gasteiger partial charge in [-0.15, -0.1) is 0 Å². The highest BCUT2D eigenvalue weighted by Crippen LogP contribution is 2.20. The normalized spacial score (nSPS) is 16.3. The van der Waals surface area contributed by atoms with Crippen molar-refractivity contribution >= 4 is 5.95 Å². The van der Waals surface area contributed by atoms with Gasteiger partial charge in [-0.2, -0.15) is 0 Å². The summed E-state index contributed by atoms with van der Waals surface area (Å²) in [6.07, 6.45) is 5.75. The Hall–Kier alpha value is -1.07. The lowest BCUT2D eigenvalue weighted by Gasteiger charge is -2.30. The minimum absolute atomic E-state index is 0.788. The zero-order valence-electron chi connectivity index (χ0n) is 13.8. The number of piperidine rings is 1. The molecular weight excluding hydrogens is 264 g/mol. The average molecular weight is 294 g/mol. The van der Waals surface area contributed by atoms with E-state index in [1.54, 1.807) is 7.11 Å². The molecule has 5 heteroatoms. The second-order valence-electron chi connectivity index (χ2n) is 5.95. The lowest BCUT2D eigenvalue weighted by atomic mass is 9.98. The minimum Gasteiger partial charge on any atom is -0.385 e. The Morgan fingerprint density at radius 3 is 2.86 bits per heavy atom. The average Bonchev–Trinajstić information content (AvgIpc) is 2.87. The zero-order chi connectivity index (χ0) is 15.1. The molecule has 0 radical (unpaired) electrons. The SMILES string of the molecule is CCN(CC1CCNCC1)c1nc(C)cn1CCCOC. The summed E-state index contributed by atoms with van der Waals surface area (Å²) in [5, 5.41) is 3.44. The molecule has 0 amide bonds. The first-order valence-corrected chi connectivity index (χ1v) is 8.23. The van der Waals surface area contributed by atoms with Crippen LogP contribution in [0.5, 0.6) is 0 Å². The largest absolute Gasteiger partial charge is 0.385 e. The van der Waals surface area contributed by atoms with Crippen molar-refractivity contribution in [1.29, 1.82) is 0 Å². The summed E-state index contributed by atoms with van der Waals surface area (Å²) in [5.74, 6) is 1.92. The van der Waals surface area contributed by atoms with E-state index in [0.717, 1.165) is 63.3 Å². The molecule has 2 rings (SSSR count). The van der Waals surface area contributed by atoms with Crippen LogP contribution >= 0.6 is 0 Å². The third-order valence-electron chi connectivity index (χ3n) is 4.23. The Morgan fingerprint density at radius 2 is 2.19 bits per heavy atom. The molecule has 1 aliphatic heterocycles. The molecule has 21 heavy (non-hydrogen) atoms. The molecule has 0 aliphatic carbocycles. The number of anilines is 1. The molecule has 0 aromatic carbocycles. The number of hydrogen-bond donors (Lipinski definition) is 1. The van der Waals surface area contributed by atoms with Crippen LogP contribution < -0.4 is 10.2 Å². The first-order valence-electron chi connectivity index (χ1n) is 8.23. The molecule has 1 N–H and O–H groups in total. The Morgan fingerprint density at radius 1 is 1.43 bits per heavy atom. The smallest absolute Gasteiger partial charge is 0.205 e. The van der Waals surface area contributed by atoms with Crippen molar-refractivity contribution < 1.29 is 4.74 Å². The van der Waals surface area contributed by atoms with Crippen molar-refractivity contribution in [3.8, 4) is 0 Å². The van der Waals surface area contributed by atoms with Crippen LogP contribution in [-0.2, 0) is 11.3 Å². The van der Waals surface area contributed by atoms with Crippen LogP contribution in [0.25, 0.3) is 0 Å². The quantitative estimate of drug-likeness (QED) is 0.745.